The van der Waals surface area contributed by atoms with Gasteiger partial charge >= 0.3 is 0 Å². The van der Waals surface area contributed by atoms with E-state index in [-0.39, 0.29) is 24.4 Å². The Labute approximate surface area is 184 Å². The van der Waals surface area contributed by atoms with Crippen LogP contribution in [0.3, 0.4) is 0 Å². The lowest BCUT2D eigenvalue weighted by atomic mass is 10.1. The van der Waals surface area contributed by atoms with Gasteiger partial charge in [-0.05, 0) is 44.2 Å². The smallest absolute Gasteiger partial charge is 0.242 e. The molecule has 2 aromatic carbocycles. The molecule has 2 N–H and O–H groups in total. The van der Waals surface area contributed by atoms with Crippen molar-refractivity contribution >= 4 is 18.3 Å². The van der Waals surface area contributed by atoms with Gasteiger partial charge in [-0.2, -0.15) is 5.10 Å². The number of benzene rings is 2. The zero-order valence-electron chi connectivity index (χ0n) is 17.8. The first-order valence-electron chi connectivity index (χ1n) is 9.70. The van der Waals surface area contributed by atoms with E-state index in [1.54, 1.807) is 17.9 Å². The second kappa shape index (κ2) is 10.8. The van der Waals surface area contributed by atoms with E-state index in [9.17, 15) is 4.79 Å². The molecule has 0 bridgehead atoms. The van der Waals surface area contributed by atoms with Gasteiger partial charge in [0.05, 0.1) is 12.2 Å². The third kappa shape index (κ3) is 6.08. The highest BCUT2D eigenvalue weighted by atomic mass is 35.5. The number of amides is 1. The SMILES string of the molecule is CNC(C(=O)NC(C)c1ccc(OCc2cccc(C)c2)cc1)c1cnn(C)c1.Cl. The van der Waals surface area contributed by atoms with Gasteiger partial charge in [-0.15, -0.1) is 12.4 Å². The van der Waals surface area contributed by atoms with Gasteiger partial charge in [0.2, 0.25) is 5.91 Å². The monoisotopic (exact) mass is 428 g/mol. The van der Waals surface area contributed by atoms with Gasteiger partial charge in [0, 0.05) is 18.8 Å². The molecule has 1 amide bonds. The molecule has 2 atom stereocenters. The quantitative estimate of drug-likeness (QED) is 0.571. The summed E-state index contributed by atoms with van der Waals surface area (Å²) in [4.78, 5) is 12.7. The number of nitrogens with one attached hydrogen (secondary N) is 2. The van der Waals surface area contributed by atoms with Crippen LogP contribution >= 0.6 is 12.4 Å². The molecule has 0 spiro atoms. The lowest BCUT2D eigenvalue weighted by molar-refractivity contribution is -0.123. The fourth-order valence-corrected chi connectivity index (χ4v) is 3.24. The Hall–Kier alpha value is -2.83. The number of ether oxygens (including phenoxy) is 1. The van der Waals surface area contributed by atoms with Gasteiger partial charge in [0.15, 0.2) is 0 Å². The molecule has 0 fully saturated rings. The second-order valence-electron chi connectivity index (χ2n) is 7.25. The fraction of sp³-hybridized carbons (Fsp3) is 0.304. The number of rotatable bonds is 8. The zero-order chi connectivity index (χ0) is 20.8. The normalized spacial score (nSPS) is 12.5. The van der Waals surface area contributed by atoms with Crippen LogP contribution in [0, 0.1) is 6.92 Å². The molecular formula is C23H29ClN4O2. The summed E-state index contributed by atoms with van der Waals surface area (Å²) < 4.78 is 7.56. The number of carbonyl (C=O) groups is 1. The first-order valence-corrected chi connectivity index (χ1v) is 9.70. The lowest BCUT2D eigenvalue weighted by Crippen LogP contribution is -2.37. The van der Waals surface area contributed by atoms with E-state index in [0.29, 0.717) is 6.61 Å². The van der Waals surface area contributed by atoms with Crippen molar-refractivity contribution < 1.29 is 9.53 Å². The van der Waals surface area contributed by atoms with Crippen molar-refractivity contribution in [1.29, 1.82) is 0 Å². The van der Waals surface area contributed by atoms with Gasteiger partial charge in [-0.1, -0.05) is 42.0 Å². The molecule has 0 aliphatic carbocycles. The highest BCUT2D eigenvalue weighted by Gasteiger charge is 2.22. The summed E-state index contributed by atoms with van der Waals surface area (Å²) in [5, 5.41) is 10.2. The highest BCUT2D eigenvalue weighted by molar-refractivity contribution is 5.85. The lowest BCUT2D eigenvalue weighted by Gasteiger charge is -2.19. The summed E-state index contributed by atoms with van der Waals surface area (Å²) in [5.74, 6) is 0.713. The Morgan fingerprint density at radius 1 is 1.17 bits per heavy atom. The van der Waals surface area contributed by atoms with Crippen molar-refractivity contribution in [1.82, 2.24) is 20.4 Å². The van der Waals surface area contributed by atoms with Crippen LogP contribution in [-0.4, -0.2) is 22.7 Å². The highest BCUT2D eigenvalue weighted by Crippen LogP contribution is 2.20. The summed E-state index contributed by atoms with van der Waals surface area (Å²) in [6.07, 6.45) is 3.54. The Morgan fingerprint density at radius 2 is 1.90 bits per heavy atom. The van der Waals surface area contributed by atoms with Crippen LogP contribution < -0.4 is 15.4 Å². The maximum atomic E-state index is 12.7. The van der Waals surface area contributed by atoms with Gasteiger partial charge in [-0.3, -0.25) is 9.48 Å². The number of aryl methyl sites for hydroxylation is 2. The molecule has 1 aromatic heterocycles. The number of aromatic nitrogens is 2. The molecule has 0 radical (unpaired) electrons. The third-order valence-electron chi connectivity index (χ3n) is 4.84. The van der Waals surface area contributed by atoms with E-state index in [4.69, 9.17) is 4.74 Å². The van der Waals surface area contributed by atoms with E-state index in [1.165, 1.54) is 5.56 Å². The van der Waals surface area contributed by atoms with Gasteiger partial charge < -0.3 is 15.4 Å². The van der Waals surface area contributed by atoms with Crippen molar-refractivity contribution in [2.45, 2.75) is 32.5 Å². The number of nitrogens with zero attached hydrogens (tertiary/aromatic N) is 2. The van der Waals surface area contributed by atoms with Crippen molar-refractivity contribution in [3.05, 3.63) is 83.2 Å². The van der Waals surface area contributed by atoms with Crippen LogP contribution in [0.4, 0.5) is 0 Å². The van der Waals surface area contributed by atoms with Crippen molar-refractivity contribution in [3.63, 3.8) is 0 Å². The predicted molar refractivity (Wildman–Crippen MR) is 121 cm³/mol. The summed E-state index contributed by atoms with van der Waals surface area (Å²) in [6.45, 7) is 4.57. The number of likely N-dealkylation sites (N-methyl/N-ethyl adjacent to an activating group) is 1. The Bertz CT molecular complexity index is 956. The molecule has 30 heavy (non-hydrogen) atoms. The summed E-state index contributed by atoms with van der Waals surface area (Å²) in [5.41, 5.74) is 4.21. The van der Waals surface area contributed by atoms with E-state index in [1.807, 2.05) is 50.5 Å². The first kappa shape index (κ1) is 23.4. The van der Waals surface area contributed by atoms with E-state index >= 15 is 0 Å². The van der Waals surface area contributed by atoms with Crippen molar-refractivity contribution in [2.75, 3.05) is 7.05 Å². The molecule has 3 rings (SSSR count). The molecule has 6 nitrogen and oxygen atoms in total. The van der Waals surface area contributed by atoms with E-state index < -0.39 is 6.04 Å². The minimum atomic E-state index is -0.442. The number of hydrogen-bond donors (Lipinski definition) is 2. The molecule has 2 unspecified atom stereocenters. The number of hydrogen-bond acceptors (Lipinski definition) is 4. The van der Waals surface area contributed by atoms with Gasteiger partial charge in [0.1, 0.15) is 18.4 Å². The molecule has 1 heterocycles. The van der Waals surface area contributed by atoms with Crippen LogP contribution in [0.15, 0.2) is 60.9 Å². The zero-order valence-corrected chi connectivity index (χ0v) is 18.6. The van der Waals surface area contributed by atoms with Crippen LogP contribution in [-0.2, 0) is 18.4 Å². The van der Waals surface area contributed by atoms with Gasteiger partial charge in [-0.25, -0.2) is 0 Å². The van der Waals surface area contributed by atoms with Crippen molar-refractivity contribution in [3.8, 4) is 5.75 Å². The summed E-state index contributed by atoms with van der Waals surface area (Å²) >= 11 is 0. The number of carbonyl (C=O) groups excluding carboxylic acids is 1. The molecule has 3 aromatic rings. The average molecular weight is 429 g/mol. The topological polar surface area (TPSA) is 68.2 Å². The maximum Gasteiger partial charge on any atom is 0.242 e. The molecule has 0 saturated heterocycles. The first-order chi connectivity index (χ1) is 14.0. The molecule has 0 aliphatic rings. The Kier molecular flexibility index (Phi) is 8.45. The summed E-state index contributed by atoms with van der Waals surface area (Å²) in [7, 11) is 3.60. The molecule has 0 aliphatic heterocycles. The predicted octanol–water partition coefficient (Wildman–Crippen LogP) is 3.87. The largest absolute Gasteiger partial charge is 0.489 e. The minimum absolute atomic E-state index is 0. The standard InChI is InChI=1S/C23H28N4O2.ClH/c1-16-6-5-7-18(12-16)15-29-21-10-8-19(9-11-21)17(2)26-23(28)22(24-3)20-13-25-27(4)14-20;/h5-14,17,22,24H,15H2,1-4H3,(H,26,28);1H. The molecule has 7 heteroatoms. The average Bonchev–Trinajstić information content (AvgIpc) is 3.13. The van der Waals surface area contributed by atoms with Crippen molar-refractivity contribution in [2.24, 2.45) is 7.05 Å². The van der Waals surface area contributed by atoms with E-state index in [0.717, 1.165) is 22.4 Å². The second-order valence-corrected chi connectivity index (χ2v) is 7.25. The molecular weight excluding hydrogens is 400 g/mol. The Morgan fingerprint density at radius 3 is 2.50 bits per heavy atom. The van der Waals surface area contributed by atoms with Crippen LogP contribution in [0.1, 0.15) is 41.3 Å². The Balaban J connectivity index is 0.00000320. The molecule has 160 valence electrons. The fourth-order valence-electron chi connectivity index (χ4n) is 3.24. The van der Waals surface area contributed by atoms with Gasteiger partial charge in [0.25, 0.3) is 0 Å². The number of halogens is 1. The maximum absolute atomic E-state index is 12.7. The van der Waals surface area contributed by atoms with Crippen LogP contribution in [0.5, 0.6) is 5.75 Å². The minimum Gasteiger partial charge on any atom is -0.489 e. The summed E-state index contributed by atoms with van der Waals surface area (Å²) in [6, 6.07) is 15.5. The third-order valence-corrected chi connectivity index (χ3v) is 4.84. The van der Waals surface area contributed by atoms with Crippen LogP contribution in [0.25, 0.3) is 0 Å². The molecule has 0 saturated carbocycles. The van der Waals surface area contributed by atoms with Crippen LogP contribution in [0.2, 0.25) is 0 Å². The van der Waals surface area contributed by atoms with E-state index in [2.05, 4.69) is 40.9 Å².